The average Bonchev–Trinajstić information content (AvgIpc) is 2.66. The number of anilines is 1. The maximum atomic E-state index is 6.01. The molecule has 8 heteroatoms. The summed E-state index contributed by atoms with van der Waals surface area (Å²) in [7, 11) is 0. The molecule has 0 spiro atoms. The third kappa shape index (κ3) is 9.86. The van der Waals surface area contributed by atoms with Crippen LogP contribution in [0.4, 0.5) is 5.95 Å². The summed E-state index contributed by atoms with van der Waals surface area (Å²) in [6, 6.07) is 2.24. The van der Waals surface area contributed by atoms with Crippen LogP contribution in [-0.4, -0.2) is 66.1 Å². The van der Waals surface area contributed by atoms with Crippen LogP contribution in [0.5, 0.6) is 0 Å². The van der Waals surface area contributed by atoms with Crippen molar-refractivity contribution in [3.05, 3.63) is 18.5 Å². The number of piperazine rings is 1. The Morgan fingerprint density at radius 3 is 2.43 bits per heavy atom. The topological polar surface area (TPSA) is 82.7 Å². The zero-order chi connectivity index (χ0) is 19.5. The minimum absolute atomic E-state index is 0. The van der Waals surface area contributed by atoms with Crippen LogP contribution >= 0.6 is 24.0 Å². The van der Waals surface area contributed by atoms with Gasteiger partial charge in [-0.2, -0.15) is 0 Å². The van der Waals surface area contributed by atoms with Crippen molar-refractivity contribution >= 4 is 35.9 Å². The summed E-state index contributed by atoms with van der Waals surface area (Å²) >= 11 is 0. The van der Waals surface area contributed by atoms with Gasteiger partial charge in [-0.05, 0) is 31.7 Å². The Hall–Kier alpha value is -1.16. The molecule has 1 atom stereocenters. The molecule has 0 amide bonds. The number of nitrogens with zero attached hydrogens (tertiary/aromatic N) is 5. The van der Waals surface area contributed by atoms with Gasteiger partial charge in [0.15, 0.2) is 5.96 Å². The van der Waals surface area contributed by atoms with Gasteiger partial charge in [-0.3, -0.25) is 9.89 Å². The van der Waals surface area contributed by atoms with Crippen LogP contribution in [0.1, 0.15) is 46.5 Å². The van der Waals surface area contributed by atoms with E-state index in [0.29, 0.717) is 12.0 Å². The molecule has 0 bridgehead atoms. The fourth-order valence-electron chi connectivity index (χ4n) is 3.32. The molecule has 7 nitrogen and oxygen atoms in total. The monoisotopic (exact) mass is 503 g/mol. The Kier molecular flexibility index (Phi) is 12.4. The number of hydrogen-bond acceptors (Lipinski definition) is 5. The molecule has 1 aromatic heterocycles. The number of aromatic nitrogens is 2. The van der Waals surface area contributed by atoms with Gasteiger partial charge in [-0.1, -0.05) is 26.7 Å². The van der Waals surface area contributed by atoms with Gasteiger partial charge in [0.25, 0.3) is 0 Å². The molecule has 28 heavy (non-hydrogen) atoms. The fourth-order valence-corrected chi connectivity index (χ4v) is 3.32. The maximum absolute atomic E-state index is 6.01. The van der Waals surface area contributed by atoms with Crippen LogP contribution in [0.2, 0.25) is 0 Å². The molecule has 0 aromatic carbocycles. The SMILES string of the molecule is CC(C)CCCC(C)NC(N)=NCCCN1CCN(c2ncccn2)CC1.I. The Morgan fingerprint density at radius 2 is 1.79 bits per heavy atom. The van der Waals surface area contributed by atoms with Crippen LogP contribution in [0, 0.1) is 5.92 Å². The van der Waals surface area contributed by atoms with Gasteiger partial charge in [-0.15, -0.1) is 24.0 Å². The van der Waals surface area contributed by atoms with Crippen molar-refractivity contribution in [3.8, 4) is 0 Å². The van der Waals surface area contributed by atoms with E-state index in [1.165, 1.54) is 12.8 Å². The molecule has 1 aromatic rings. The van der Waals surface area contributed by atoms with Gasteiger partial charge in [0.2, 0.25) is 5.95 Å². The van der Waals surface area contributed by atoms with E-state index in [0.717, 1.165) is 64.0 Å². The highest BCUT2D eigenvalue weighted by atomic mass is 127. The van der Waals surface area contributed by atoms with Crippen LogP contribution in [0.15, 0.2) is 23.5 Å². The van der Waals surface area contributed by atoms with Gasteiger partial charge in [0.05, 0.1) is 0 Å². The third-order valence-electron chi connectivity index (χ3n) is 4.93. The second-order valence-corrected chi connectivity index (χ2v) is 7.87. The molecule has 1 fully saturated rings. The highest BCUT2D eigenvalue weighted by molar-refractivity contribution is 14.0. The summed E-state index contributed by atoms with van der Waals surface area (Å²) in [4.78, 5) is 17.9. The molecule has 1 saturated heterocycles. The first-order valence-electron chi connectivity index (χ1n) is 10.4. The number of guanidine groups is 1. The number of hydrogen-bond donors (Lipinski definition) is 2. The predicted octanol–water partition coefficient (Wildman–Crippen LogP) is 2.73. The molecular weight excluding hydrogens is 465 g/mol. The molecule has 3 N–H and O–H groups in total. The highest BCUT2D eigenvalue weighted by Gasteiger charge is 2.18. The van der Waals surface area contributed by atoms with Crippen LogP contribution in [-0.2, 0) is 0 Å². The van der Waals surface area contributed by atoms with E-state index in [9.17, 15) is 0 Å². The lowest BCUT2D eigenvalue weighted by molar-refractivity contribution is 0.255. The molecule has 1 unspecified atom stereocenters. The summed E-state index contributed by atoms with van der Waals surface area (Å²) in [6.45, 7) is 12.6. The molecule has 0 aliphatic carbocycles. The zero-order valence-electron chi connectivity index (χ0n) is 17.7. The molecule has 1 aliphatic heterocycles. The largest absolute Gasteiger partial charge is 0.370 e. The average molecular weight is 503 g/mol. The van der Waals surface area contributed by atoms with E-state index in [2.05, 4.69) is 50.8 Å². The van der Waals surface area contributed by atoms with Gasteiger partial charge >= 0.3 is 0 Å². The van der Waals surface area contributed by atoms with Crippen LogP contribution in [0.25, 0.3) is 0 Å². The molecule has 160 valence electrons. The number of nitrogens with two attached hydrogens (primary N) is 1. The van der Waals surface area contributed by atoms with Crippen LogP contribution < -0.4 is 16.0 Å². The molecule has 1 aliphatic rings. The Balaban J connectivity index is 0.00000392. The van der Waals surface area contributed by atoms with Crippen molar-refractivity contribution in [2.45, 2.75) is 52.5 Å². The second-order valence-electron chi connectivity index (χ2n) is 7.87. The van der Waals surface area contributed by atoms with Crippen molar-refractivity contribution in [1.82, 2.24) is 20.2 Å². The van der Waals surface area contributed by atoms with Gasteiger partial charge in [-0.25, -0.2) is 9.97 Å². The van der Waals surface area contributed by atoms with E-state index in [1.54, 1.807) is 12.4 Å². The first-order chi connectivity index (χ1) is 13.0. The number of halogens is 1. The summed E-state index contributed by atoms with van der Waals surface area (Å²) < 4.78 is 0. The minimum atomic E-state index is 0. The lowest BCUT2D eigenvalue weighted by Crippen LogP contribution is -2.47. The van der Waals surface area contributed by atoms with Crippen molar-refractivity contribution in [2.24, 2.45) is 16.6 Å². The summed E-state index contributed by atoms with van der Waals surface area (Å²) in [5, 5.41) is 3.31. The smallest absolute Gasteiger partial charge is 0.225 e. The predicted molar refractivity (Wildman–Crippen MR) is 128 cm³/mol. The maximum Gasteiger partial charge on any atom is 0.225 e. The molecule has 2 heterocycles. The first kappa shape index (κ1) is 24.9. The third-order valence-corrected chi connectivity index (χ3v) is 4.93. The van der Waals surface area contributed by atoms with Crippen molar-refractivity contribution < 1.29 is 0 Å². The highest BCUT2D eigenvalue weighted by Crippen LogP contribution is 2.10. The van der Waals surface area contributed by atoms with E-state index in [4.69, 9.17) is 5.73 Å². The molecule has 0 radical (unpaired) electrons. The number of nitrogens with one attached hydrogen (secondary N) is 1. The normalized spacial score (nSPS) is 16.7. The summed E-state index contributed by atoms with van der Waals surface area (Å²) in [6.07, 6.45) is 8.29. The Labute approximate surface area is 187 Å². The second kappa shape index (κ2) is 13.9. The summed E-state index contributed by atoms with van der Waals surface area (Å²) in [5.74, 6) is 2.19. The van der Waals surface area contributed by atoms with E-state index in [1.807, 2.05) is 6.07 Å². The van der Waals surface area contributed by atoms with Crippen molar-refractivity contribution in [2.75, 3.05) is 44.2 Å². The van der Waals surface area contributed by atoms with Gasteiger partial charge in [0.1, 0.15) is 0 Å². The molecule has 0 saturated carbocycles. The lowest BCUT2D eigenvalue weighted by atomic mass is 10.0. The first-order valence-corrected chi connectivity index (χ1v) is 10.4. The zero-order valence-corrected chi connectivity index (χ0v) is 20.0. The van der Waals surface area contributed by atoms with Crippen molar-refractivity contribution in [3.63, 3.8) is 0 Å². The number of aliphatic imine (C=N–C) groups is 1. The number of rotatable bonds is 10. The Bertz CT molecular complexity index is 545. The Morgan fingerprint density at radius 1 is 1.11 bits per heavy atom. The van der Waals surface area contributed by atoms with Gasteiger partial charge < -0.3 is 16.0 Å². The van der Waals surface area contributed by atoms with E-state index >= 15 is 0 Å². The summed E-state index contributed by atoms with van der Waals surface area (Å²) in [5.41, 5.74) is 6.01. The van der Waals surface area contributed by atoms with Gasteiger partial charge in [0, 0.05) is 57.7 Å². The fraction of sp³-hybridized carbons (Fsp3) is 0.750. The molecular formula is C20H38IN7. The molecule has 2 rings (SSSR count). The lowest BCUT2D eigenvalue weighted by Gasteiger charge is -2.34. The van der Waals surface area contributed by atoms with Crippen LogP contribution in [0.3, 0.4) is 0 Å². The van der Waals surface area contributed by atoms with E-state index in [-0.39, 0.29) is 24.0 Å². The van der Waals surface area contributed by atoms with Crippen molar-refractivity contribution in [1.29, 1.82) is 0 Å². The standard InChI is InChI=1S/C20H37N7.HI/c1-17(2)7-4-8-18(3)25-19(21)22-11-6-12-26-13-15-27(16-14-26)20-23-9-5-10-24-20;/h5,9-10,17-18H,4,6-8,11-16H2,1-3H3,(H3,21,22,25);1H. The minimum Gasteiger partial charge on any atom is -0.370 e. The van der Waals surface area contributed by atoms with E-state index < -0.39 is 0 Å². The quantitative estimate of drug-likeness (QED) is 0.221.